The first-order chi connectivity index (χ1) is 14.6. The normalized spacial score (nSPS) is 19.4. The molecule has 0 atom stereocenters. The summed E-state index contributed by atoms with van der Waals surface area (Å²) in [4.78, 5) is 28.4. The van der Waals surface area contributed by atoms with Crippen LogP contribution in [-0.2, 0) is 4.79 Å². The molecule has 0 bridgehead atoms. The third-order valence-electron chi connectivity index (χ3n) is 6.11. The zero-order chi connectivity index (χ0) is 20.7. The number of carbonyl (C=O) groups is 1. The number of imidazole rings is 1. The van der Waals surface area contributed by atoms with Crippen LogP contribution in [0.4, 0.5) is 5.82 Å². The Bertz CT molecular complexity index is 1180. The molecule has 4 aromatic heterocycles. The molecule has 1 aliphatic rings. The van der Waals surface area contributed by atoms with Gasteiger partial charge in [0.1, 0.15) is 22.9 Å². The van der Waals surface area contributed by atoms with Gasteiger partial charge in [0, 0.05) is 38.0 Å². The lowest BCUT2D eigenvalue weighted by molar-refractivity contribution is -0.119. The number of pyridine rings is 1. The van der Waals surface area contributed by atoms with Crippen molar-refractivity contribution >= 4 is 28.3 Å². The predicted octanol–water partition coefficient (Wildman–Crippen LogP) is 3.26. The standard InChI is InChI=1S/C22H25N7O/c1-13(30)26-12-14-4-6-15(7-5-14)22-28-19(20-21(23)25-9-10-29(20)22)18-11-17-16(27-18)3-2-8-24-17/h2-3,8-11,14-15,27H,4-7,12H2,1H3,(H2,23,25)(H,26,30)/t14-,15-. The van der Waals surface area contributed by atoms with Crippen molar-refractivity contribution < 1.29 is 4.79 Å². The number of nitrogens with two attached hydrogens (primary N) is 1. The quantitative estimate of drug-likeness (QED) is 0.484. The molecule has 30 heavy (non-hydrogen) atoms. The second-order valence-electron chi connectivity index (χ2n) is 8.12. The fourth-order valence-electron chi connectivity index (χ4n) is 4.56. The van der Waals surface area contributed by atoms with Gasteiger partial charge < -0.3 is 16.0 Å². The van der Waals surface area contributed by atoms with Crippen molar-refractivity contribution in [3.63, 3.8) is 0 Å². The Morgan fingerprint density at radius 3 is 2.87 bits per heavy atom. The molecule has 4 N–H and O–H groups in total. The fraction of sp³-hybridized carbons (Fsp3) is 0.364. The van der Waals surface area contributed by atoms with Crippen LogP contribution in [0, 0.1) is 5.92 Å². The molecule has 8 nitrogen and oxygen atoms in total. The van der Waals surface area contributed by atoms with Gasteiger partial charge in [0.15, 0.2) is 0 Å². The average molecular weight is 403 g/mol. The highest BCUT2D eigenvalue weighted by Gasteiger charge is 2.28. The van der Waals surface area contributed by atoms with Gasteiger partial charge in [-0.25, -0.2) is 9.97 Å². The van der Waals surface area contributed by atoms with Crippen LogP contribution in [0.1, 0.15) is 44.3 Å². The number of rotatable bonds is 4. The Balaban J connectivity index is 1.50. The molecule has 4 heterocycles. The Morgan fingerprint density at radius 2 is 2.10 bits per heavy atom. The van der Waals surface area contributed by atoms with Crippen LogP contribution in [0.5, 0.6) is 0 Å². The van der Waals surface area contributed by atoms with E-state index in [1.54, 1.807) is 19.3 Å². The molecular formula is C22H25N7O. The summed E-state index contributed by atoms with van der Waals surface area (Å²) >= 11 is 0. The monoisotopic (exact) mass is 403 g/mol. The van der Waals surface area contributed by atoms with E-state index in [-0.39, 0.29) is 5.91 Å². The first kappa shape index (κ1) is 18.6. The lowest BCUT2D eigenvalue weighted by atomic mass is 9.81. The van der Waals surface area contributed by atoms with Gasteiger partial charge in [0.2, 0.25) is 5.91 Å². The van der Waals surface area contributed by atoms with Gasteiger partial charge in [-0.05, 0) is 49.8 Å². The lowest BCUT2D eigenvalue weighted by Gasteiger charge is -2.27. The van der Waals surface area contributed by atoms with Gasteiger partial charge in [0.25, 0.3) is 0 Å². The van der Waals surface area contributed by atoms with Gasteiger partial charge in [-0.3, -0.25) is 14.2 Å². The number of amides is 1. The number of hydrogen-bond acceptors (Lipinski definition) is 5. The van der Waals surface area contributed by atoms with Gasteiger partial charge in [0.05, 0.1) is 16.7 Å². The van der Waals surface area contributed by atoms with E-state index in [4.69, 9.17) is 10.7 Å². The summed E-state index contributed by atoms with van der Waals surface area (Å²) in [5, 5.41) is 2.95. The molecule has 0 spiro atoms. The van der Waals surface area contributed by atoms with Gasteiger partial charge in [-0.15, -0.1) is 0 Å². The minimum Gasteiger partial charge on any atom is -0.382 e. The zero-order valence-electron chi connectivity index (χ0n) is 16.9. The second kappa shape index (κ2) is 7.44. The lowest BCUT2D eigenvalue weighted by Crippen LogP contribution is -2.29. The third kappa shape index (κ3) is 3.28. The number of H-pyrrole nitrogens is 1. The molecule has 1 saturated carbocycles. The van der Waals surface area contributed by atoms with Crippen molar-refractivity contribution in [2.45, 2.75) is 38.5 Å². The molecule has 4 aromatic rings. The van der Waals surface area contributed by atoms with E-state index in [0.29, 0.717) is 17.7 Å². The Hall–Kier alpha value is -3.42. The Morgan fingerprint density at radius 1 is 1.27 bits per heavy atom. The summed E-state index contributed by atoms with van der Waals surface area (Å²) in [6.07, 6.45) is 9.69. The summed E-state index contributed by atoms with van der Waals surface area (Å²) in [6.45, 7) is 2.33. The van der Waals surface area contributed by atoms with E-state index in [2.05, 4.69) is 24.7 Å². The molecule has 0 radical (unpaired) electrons. The molecule has 0 aromatic carbocycles. The molecule has 8 heteroatoms. The van der Waals surface area contributed by atoms with E-state index in [0.717, 1.165) is 66.0 Å². The van der Waals surface area contributed by atoms with E-state index >= 15 is 0 Å². The summed E-state index contributed by atoms with van der Waals surface area (Å²) in [5.74, 6) is 2.42. The summed E-state index contributed by atoms with van der Waals surface area (Å²) in [5.41, 5.74) is 10.7. The molecule has 1 amide bonds. The molecule has 0 aliphatic heterocycles. The summed E-state index contributed by atoms with van der Waals surface area (Å²) in [7, 11) is 0. The van der Waals surface area contributed by atoms with Gasteiger partial charge in [-0.2, -0.15) is 0 Å². The van der Waals surface area contributed by atoms with Crippen LogP contribution in [0.25, 0.3) is 27.9 Å². The van der Waals surface area contributed by atoms with Crippen molar-refractivity contribution in [2.24, 2.45) is 5.92 Å². The predicted molar refractivity (Wildman–Crippen MR) is 116 cm³/mol. The van der Waals surface area contributed by atoms with Crippen molar-refractivity contribution in [1.29, 1.82) is 0 Å². The molecule has 0 unspecified atom stereocenters. The van der Waals surface area contributed by atoms with Crippen LogP contribution in [0.15, 0.2) is 36.8 Å². The molecule has 1 fully saturated rings. The molecule has 1 aliphatic carbocycles. The first-order valence-corrected chi connectivity index (χ1v) is 10.4. The topological polar surface area (TPSA) is 114 Å². The minimum absolute atomic E-state index is 0.0387. The number of nitrogen functional groups attached to an aromatic ring is 1. The van der Waals surface area contributed by atoms with Crippen molar-refractivity contribution in [2.75, 3.05) is 12.3 Å². The van der Waals surface area contributed by atoms with Crippen molar-refractivity contribution in [3.05, 3.63) is 42.6 Å². The van der Waals surface area contributed by atoms with Crippen LogP contribution in [0.3, 0.4) is 0 Å². The Kier molecular flexibility index (Phi) is 4.61. The highest BCUT2D eigenvalue weighted by atomic mass is 16.1. The smallest absolute Gasteiger partial charge is 0.216 e. The maximum absolute atomic E-state index is 11.2. The van der Waals surface area contributed by atoms with Crippen LogP contribution in [0.2, 0.25) is 0 Å². The maximum Gasteiger partial charge on any atom is 0.216 e. The number of aromatic nitrogens is 5. The van der Waals surface area contributed by atoms with Crippen molar-refractivity contribution in [1.82, 2.24) is 29.7 Å². The number of nitrogens with one attached hydrogen (secondary N) is 2. The number of fused-ring (bicyclic) bond motifs is 2. The number of aromatic amines is 1. The van der Waals surface area contributed by atoms with Crippen LogP contribution < -0.4 is 11.1 Å². The largest absolute Gasteiger partial charge is 0.382 e. The molecule has 5 rings (SSSR count). The Labute approximate surface area is 173 Å². The third-order valence-corrected chi connectivity index (χ3v) is 6.11. The minimum atomic E-state index is 0.0387. The number of anilines is 1. The van der Waals surface area contributed by atoms with Crippen LogP contribution in [-0.4, -0.2) is 36.8 Å². The van der Waals surface area contributed by atoms with E-state index < -0.39 is 0 Å². The summed E-state index contributed by atoms with van der Waals surface area (Å²) < 4.78 is 2.09. The number of carbonyl (C=O) groups excluding carboxylic acids is 1. The highest BCUT2D eigenvalue weighted by Crippen LogP contribution is 2.38. The number of hydrogen-bond donors (Lipinski definition) is 3. The van der Waals surface area contributed by atoms with Gasteiger partial charge >= 0.3 is 0 Å². The molecular weight excluding hydrogens is 378 g/mol. The van der Waals surface area contributed by atoms with E-state index in [1.807, 2.05) is 24.4 Å². The second-order valence-corrected chi connectivity index (χ2v) is 8.12. The van der Waals surface area contributed by atoms with Gasteiger partial charge in [-0.1, -0.05) is 0 Å². The summed E-state index contributed by atoms with van der Waals surface area (Å²) in [6, 6.07) is 5.93. The van der Waals surface area contributed by atoms with Crippen molar-refractivity contribution in [3.8, 4) is 11.4 Å². The fourth-order valence-corrected chi connectivity index (χ4v) is 4.56. The maximum atomic E-state index is 11.2. The highest BCUT2D eigenvalue weighted by molar-refractivity contribution is 5.89. The first-order valence-electron chi connectivity index (χ1n) is 10.4. The van der Waals surface area contributed by atoms with E-state index in [9.17, 15) is 4.79 Å². The SMILES string of the molecule is CC(=O)NC[C@H]1CC[C@H](c2nc(-c3cc4ncccc4[nH]3)c3c(N)nccn32)CC1. The zero-order valence-corrected chi connectivity index (χ0v) is 16.9. The molecule has 0 saturated heterocycles. The van der Waals surface area contributed by atoms with E-state index in [1.165, 1.54) is 0 Å². The van der Waals surface area contributed by atoms with Crippen LogP contribution >= 0.6 is 0 Å². The molecule has 154 valence electrons. The number of nitrogens with zero attached hydrogens (tertiary/aromatic N) is 4. The average Bonchev–Trinajstić information content (AvgIpc) is 3.35.